The summed E-state index contributed by atoms with van der Waals surface area (Å²) in [6, 6.07) is 4.75. The molecule has 7 heteroatoms. The van der Waals surface area contributed by atoms with E-state index in [1.54, 1.807) is 0 Å². The van der Waals surface area contributed by atoms with E-state index >= 15 is 0 Å². The van der Waals surface area contributed by atoms with Gasteiger partial charge < -0.3 is 10.5 Å². The van der Waals surface area contributed by atoms with Crippen LogP contribution in [0.4, 0.5) is 10.5 Å². The highest BCUT2D eigenvalue weighted by molar-refractivity contribution is 8.15. The second-order valence-corrected chi connectivity index (χ2v) is 5.51. The molecule has 1 aromatic carbocycles. The molecule has 1 aromatic rings. The summed E-state index contributed by atoms with van der Waals surface area (Å²) in [5.74, 6) is 0.676. The number of urea groups is 1. The summed E-state index contributed by atoms with van der Waals surface area (Å²) in [5.41, 5.74) is 6.68. The van der Waals surface area contributed by atoms with E-state index in [-0.39, 0.29) is 11.7 Å². The van der Waals surface area contributed by atoms with Crippen LogP contribution in [0.3, 0.4) is 0 Å². The van der Waals surface area contributed by atoms with Crippen molar-refractivity contribution in [2.75, 3.05) is 17.3 Å². The van der Waals surface area contributed by atoms with Crippen LogP contribution in [0.5, 0.6) is 5.75 Å². The number of thioether (sulfide) groups is 1. The molecule has 1 aliphatic rings. The van der Waals surface area contributed by atoms with Crippen molar-refractivity contribution in [2.24, 2.45) is 10.7 Å². The zero-order chi connectivity index (χ0) is 15.4. The van der Waals surface area contributed by atoms with Gasteiger partial charge in [0, 0.05) is 0 Å². The number of ether oxygens (including phenoxy) is 1. The van der Waals surface area contributed by atoms with Crippen LogP contribution < -0.4 is 15.4 Å². The van der Waals surface area contributed by atoms with Crippen LogP contribution in [0.1, 0.15) is 18.9 Å². The quantitative estimate of drug-likeness (QED) is 0.925. The molecule has 1 aliphatic heterocycles. The molecule has 2 rings (SSSR count). The Bertz CT molecular complexity index is 601. The van der Waals surface area contributed by atoms with Gasteiger partial charge in [0.1, 0.15) is 5.75 Å². The maximum Gasteiger partial charge on any atom is 0.340 e. The number of amides is 3. The van der Waals surface area contributed by atoms with Crippen LogP contribution in [0.2, 0.25) is 0 Å². The van der Waals surface area contributed by atoms with Crippen LogP contribution in [-0.4, -0.2) is 29.5 Å². The minimum atomic E-state index is -0.819. The number of carbonyl (C=O) groups excluding carboxylic acids is 2. The van der Waals surface area contributed by atoms with Gasteiger partial charge in [0.25, 0.3) is 0 Å². The minimum Gasteiger partial charge on any atom is -0.491 e. The van der Waals surface area contributed by atoms with Crippen LogP contribution in [0, 0.1) is 6.92 Å². The summed E-state index contributed by atoms with van der Waals surface area (Å²) in [6.07, 6.45) is 0.859. The summed E-state index contributed by atoms with van der Waals surface area (Å²) in [6.45, 7) is 4.48. The van der Waals surface area contributed by atoms with Crippen LogP contribution in [-0.2, 0) is 4.79 Å². The predicted molar refractivity (Wildman–Crippen MR) is 83.9 cm³/mol. The van der Waals surface area contributed by atoms with Crippen molar-refractivity contribution in [3.05, 3.63) is 23.8 Å². The number of carbonyl (C=O) groups is 2. The standard InChI is InChI=1S/C14H17N3O3S/c1-3-6-20-11-5-4-9(2)7-10(11)17-12(18)8-21-14(17)16-13(15)19/h4-5,7H,3,6,8H2,1-2H3,(H2,15,19). The smallest absolute Gasteiger partial charge is 0.340 e. The molecule has 6 nitrogen and oxygen atoms in total. The van der Waals surface area contributed by atoms with Crippen molar-refractivity contribution < 1.29 is 14.3 Å². The van der Waals surface area contributed by atoms with Crippen molar-refractivity contribution >= 4 is 34.6 Å². The van der Waals surface area contributed by atoms with Crippen LogP contribution in [0.15, 0.2) is 23.2 Å². The second-order valence-electron chi connectivity index (χ2n) is 4.57. The maximum atomic E-state index is 12.1. The van der Waals surface area contributed by atoms with Gasteiger partial charge in [0.2, 0.25) is 5.91 Å². The number of nitrogens with zero attached hydrogens (tertiary/aromatic N) is 2. The molecule has 112 valence electrons. The van der Waals surface area contributed by atoms with E-state index in [0.29, 0.717) is 23.2 Å². The molecule has 0 atom stereocenters. The summed E-state index contributed by atoms with van der Waals surface area (Å²) in [4.78, 5) is 28.2. The van der Waals surface area contributed by atoms with Gasteiger partial charge in [-0.05, 0) is 31.0 Å². The fourth-order valence-corrected chi connectivity index (χ4v) is 2.78. The lowest BCUT2D eigenvalue weighted by Gasteiger charge is -2.20. The van der Waals surface area contributed by atoms with Crippen molar-refractivity contribution in [3.8, 4) is 5.75 Å². The summed E-state index contributed by atoms with van der Waals surface area (Å²) in [5, 5.41) is 0.291. The largest absolute Gasteiger partial charge is 0.491 e. The first-order chi connectivity index (χ1) is 10.0. The van der Waals surface area contributed by atoms with E-state index in [9.17, 15) is 9.59 Å². The Kier molecular flexibility index (Phi) is 4.85. The molecular formula is C14H17N3O3S. The second kappa shape index (κ2) is 6.62. The third kappa shape index (κ3) is 3.55. The first-order valence-corrected chi connectivity index (χ1v) is 7.58. The molecule has 0 bridgehead atoms. The van der Waals surface area contributed by atoms with Gasteiger partial charge in [0.05, 0.1) is 18.0 Å². The van der Waals surface area contributed by atoms with Crippen molar-refractivity contribution in [2.45, 2.75) is 20.3 Å². The lowest BCUT2D eigenvalue weighted by atomic mass is 10.2. The molecule has 0 aliphatic carbocycles. The molecule has 21 heavy (non-hydrogen) atoms. The van der Waals surface area contributed by atoms with Crippen molar-refractivity contribution in [3.63, 3.8) is 0 Å². The monoisotopic (exact) mass is 307 g/mol. The first-order valence-electron chi connectivity index (χ1n) is 6.60. The van der Waals surface area contributed by atoms with E-state index in [1.165, 1.54) is 16.7 Å². The number of nitrogens with two attached hydrogens (primary N) is 1. The van der Waals surface area contributed by atoms with Gasteiger partial charge in [-0.2, -0.15) is 4.99 Å². The number of hydrogen-bond donors (Lipinski definition) is 1. The third-order valence-electron chi connectivity index (χ3n) is 2.79. The molecule has 1 fully saturated rings. The van der Waals surface area contributed by atoms with E-state index in [2.05, 4.69) is 4.99 Å². The highest BCUT2D eigenvalue weighted by atomic mass is 32.2. The van der Waals surface area contributed by atoms with Gasteiger partial charge in [-0.25, -0.2) is 4.79 Å². The molecular weight excluding hydrogens is 290 g/mol. The number of anilines is 1. The Hall–Kier alpha value is -2.02. The Labute approximate surface area is 127 Å². The fraction of sp³-hybridized carbons (Fsp3) is 0.357. The highest BCUT2D eigenvalue weighted by Gasteiger charge is 2.32. The normalized spacial score (nSPS) is 16.6. The number of hydrogen-bond acceptors (Lipinski definition) is 4. The van der Waals surface area contributed by atoms with Gasteiger partial charge >= 0.3 is 6.03 Å². The SMILES string of the molecule is CCCOc1ccc(C)cc1N1C(=O)CSC1=NC(N)=O. The molecule has 1 saturated heterocycles. The average molecular weight is 307 g/mol. The highest BCUT2D eigenvalue weighted by Crippen LogP contribution is 2.35. The number of amidine groups is 1. The molecule has 1 heterocycles. The number of primary amides is 1. The zero-order valence-electron chi connectivity index (χ0n) is 12.0. The zero-order valence-corrected chi connectivity index (χ0v) is 12.8. The topological polar surface area (TPSA) is 85.0 Å². The van der Waals surface area contributed by atoms with Gasteiger partial charge in [-0.3, -0.25) is 9.69 Å². The molecule has 3 amide bonds. The summed E-state index contributed by atoms with van der Waals surface area (Å²) < 4.78 is 5.68. The average Bonchev–Trinajstić information content (AvgIpc) is 2.77. The number of aryl methyl sites for hydroxylation is 1. The Morgan fingerprint density at radius 2 is 2.29 bits per heavy atom. The van der Waals surface area contributed by atoms with E-state index in [4.69, 9.17) is 10.5 Å². The predicted octanol–water partition coefficient (Wildman–Crippen LogP) is 2.30. The van der Waals surface area contributed by atoms with E-state index in [0.717, 1.165) is 12.0 Å². The number of aliphatic imine (C=N–C) groups is 1. The minimum absolute atomic E-state index is 0.146. The van der Waals surface area contributed by atoms with Gasteiger partial charge in [-0.15, -0.1) is 0 Å². The van der Waals surface area contributed by atoms with Crippen molar-refractivity contribution in [1.29, 1.82) is 0 Å². The molecule has 0 aromatic heterocycles. The summed E-state index contributed by atoms with van der Waals surface area (Å²) >= 11 is 1.19. The summed E-state index contributed by atoms with van der Waals surface area (Å²) in [7, 11) is 0. The van der Waals surface area contributed by atoms with Crippen LogP contribution in [0.25, 0.3) is 0 Å². The lowest BCUT2D eigenvalue weighted by Crippen LogP contribution is -2.31. The first kappa shape index (κ1) is 15.4. The van der Waals surface area contributed by atoms with Gasteiger partial charge in [0.15, 0.2) is 5.17 Å². The molecule has 0 saturated carbocycles. The Balaban J connectivity index is 2.44. The Morgan fingerprint density at radius 3 is 2.95 bits per heavy atom. The molecule has 0 radical (unpaired) electrons. The van der Waals surface area contributed by atoms with E-state index < -0.39 is 6.03 Å². The Morgan fingerprint density at radius 1 is 1.52 bits per heavy atom. The maximum absolute atomic E-state index is 12.1. The lowest BCUT2D eigenvalue weighted by molar-refractivity contribution is -0.115. The molecule has 0 spiro atoms. The van der Waals surface area contributed by atoms with Crippen molar-refractivity contribution in [1.82, 2.24) is 0 Å². The third-order valence-corrected chi connectivity index (χ3v) is 3.71. The fourth-order valence-electron chi connectivity index (χ4n) is 1.91. The van der Waals surface area contributed by atoms with Gasteiger partial charge in [-0.1, -0.05) is 24.8 Å². The molecule has 0 unspecified atom stereocenters. The number of rotatable bonds is 4. The van der Waals surface area contributed by atoms with Crippen LogP contribution >= 0.6 is 11.8 Å². The molecule has 2 N–H and O–H groups in total. The van der Waals surface area contributed by atoms with E-state index in [1.807, 2.05) is 32.0 Å². The number of benzene rings is 1.